The summed E-state index contributed by atoms with van der Waals surface area (Å²) in [6.07, 6.45) is 5.16. The Labute approximate surface area is 111 Å². The molecule has 0 atom stereocenters. The number of hydrogen-bond donors (Lipinski definition) is 1. The fourth-order valence-electron chi connectivity index (χ4n) is 2.99. The zero-order valence-electron chi connectivity index (χ0n) is 11.8. The minimum Gasteiger partial charge on any atom is -0.367 e. The second-order valence-corrected chi connectivity index (χ2v) is 5.23. The molecule has 0 aromatic heterocycles. The maximum absolute atomic E-state index is 3.53. The molecular weight excluding hydrogens is 220 g/mol. The van der Waals surface area contributed by atoms with Crippen LogP contribution in [-0.2, 0) is 6.54 Å². The number of fused-ring (bicyclic) bond motifs is 1. The monoisotopic (exact) mass is 246 g/mol. The molecule has 1 aromatic rings. The van der Waals surface area contributed by atoms with Gasteiger partial charge in [0, 0.05) is 31.4 Å². The summed E-state index contributed by atoms with van der Waals surface area (Å²) in [7, 11) is 0. The van der Waals surface area contributed by atoms with Crippen LogP contribution in [-0.4, -0.2) is 19.1 Å². The van der Waals surface area contributed by atoms with Gasteiger partial charge in [0.25, 0.3) is 0 Å². The van der Waals surface area contributed by atoms with Crippen LogP contribution in [0.2, 0.25) is 0 Å². The normalized spacial score (nSPS) is 15.6. The molecule has 0 radical (unpaired) electrons. The highest BCUT2D eigenvalue weighted by Crippen LogP contribution is 2.27. The minimum absolute atomic E-state index is 0.709. The number of anilines is 1. The Morgan fingerprint density at radius 3 is 2.61 bits per heavy atom. The highest BCUT2D eigenvalue weighted by molar-refractivity contribution is 5.55. The van der Waals surface area contributed by atoms with E-state index in [9.17, 15) is 0 Å². The van der Waals surface area contributed by atoms with Crippen LogP contribution in [0.4, 0.5) is 5.69 Å². The molecule has 2 nitrogen and oxygen atoms in total. The second kappa shape index (κ2) is 6.79. The van der Waals surface area contributed by atoms with Crippen molar-refractivity contribution < 1.29 is 0 Å². The lowest BCUT2D eigenvalue weighted by Gasteiger charge is -2.33. The van der Waals surface area contributed by atoms with E-state index in [1.165, 1.54) is 36.9 Å². The van der Waals surface area contributed by atoms with Gasteiger partial charge in [-0.3, -0.25) is 0 Å². The van der Waals surface area contributed by atoms with Crippen LogP contribution in [0.1, 0.15) is 45.1 Å². The molecule has 0 saturated carbocycles. The largest absolute Gasteiger partial charge is 0.367 e. The molecule has 0 unspecified atom stereocenters. The van der Waals surface area contributed by atoms with Crippen LogP contribution < -0.4 is 10.2 Å². The van der Waals surface area contributed by atoms with E-state index in [0.717, 1.165) is 19.6 Å². The first-order valence-corrected chi connectivity index (χ1v) is 7.42. The Morgan fingerprint density at radius 1 is 1.17 bits per heavy atom. The molecule has 1 aromatic carbocycles. The van der Waals surface area contributed by atoms with Gasteiger partial charge in [-0.05, 0) is 24.5 Å². The first-order chi connectivity index (χ1) is 8.86. The van der Waals surface area contributed by atoms with Crippen molar-refractivity contribution in [2.24, 2.45) is 0 Å². The third-order valence-corrected chi connectivity index (χ3v) is 3.83. The lowest BCUT2D eigenvalue weighted by Crippen LogP contribution is -2.38. The van der Waals surface area contributed by atoms with Crippen molar-refractivity contribution in [2.75, 3.05) is 18.0 Å². The van der Waals surface area contributed by atoms with Gasteiger partial charge >= 0.3 is 0 Å². The van der Waals surface area contributed by atoms with E-state index in [1.807, 2.05) is 0 Å². The Kier molecular flexibility index (Phi) is 5.06. The summed E-state index contributed by atoms with van der Waals surface area (Å²) in [6.45, 7) is 7.84. The van der Waals surface area contributed by atoms with Crippen molar-refractivity contribution in [1.82, 2.24) is 5.32 Å². The molecule has 2 heteroatoms. The Balaban J connectivity index is 2.24. The van der Waals surface area contributed by atoms with Gasteiger partial charge < -0.3 is 10.2 Å². The maximum Gasteiger partial charge on any atom is 0.0414 e. The van der Waals surface area contributed by atoms with Crippen LogP contribution in [0.5, 0.6) is 0 Å². The lowest BCUT2D eigenvalue weighted by atomic mass is 10.0. The average molecular weight is 246 g/mol. The van der Waals surface area contributed by atoms with Crippen molar-refractivity contribution >= 4 is 5.69 Å². The van der Waals surface area contributed by atoms with Gasteiger partial charge in [-0.1, -0.05) is 44.9 Å². The Morgan fingerprint density at radius 2 is 1.89 bits per heavy atom. The van der Waals surface area contributed by atoms with E-state index in [0.29, 0.717) is 6.04 Å². The number of nitrogens with zero attached hydrogens (tertiary/aromatic N) is 1. The Bertz CT molecular complexity index is 356. The number of benzene rings is 1. The molecule has 100 valence electrons. The quantitative estimate of drug-likeness (QED) is 0.854. The number of para-hydroxylation sites is 1. The lowest BCUT2D eigenvalue weighted by molar-refractivity contribution is 0.502. The molecule has 1 aliphatic rings. The molecule has 0 aliphatic carbocycles. The fraction of sp³-hybridized carbons (Fsp3) is 0.625. The molecule has 0 fully saturated rings. The van der Waals surface area contributed by atoms with Gasteiger partial charge in [-0.15, -0.1) is 0 Å². The molecule has 0 spiro atoms. The Hall–Kier alpha value is -1.02. The average Bonchev–Trinajstić information content (AvgIpc) is 2.61. The van der Waals surface area contributed by atoms with E-state index in [4.69, 9.17) is 0 Å². The van der Waals surface area contributed by atoms with Gasteiger partial charge in [-0.2, -0.15) is 0 Å². The van der Waals surface area contributed by atoms with Crippen LogP contribution in [0.15, 0.2) is 24.3 Å². The molecule has 1 aliphatic heterocycles. The predicted molar refractivity (Wildman–Crippen MR) is 79.1 cm³/mol. The van der Waals surface area contributed by atoms with Crippen molar-refractivity contribution in [2.45, 2.75) is 52.1 Å². The number of hydrogen-bond acceptors (Lipinski definition) is 2. The minimum atomic E-state index is 0.709. The van der Waals surface area contributed by atoms with Gasteiger partial charge in [0.15, 0.2) is 0 Å². The summed E-state index contributed by atoms with van der Waals surface area (Å²) < 4.78 is 0. The molecule has 0 amide bonds. The highest BCUT2D eigenvalue weighted by Gasteiger charge is 2.21. The summed E-state index contributed by atoms with van der Waals surface area (Å²) in [5, 5.41) is 3.53. The molecule has 1 N–H and O–H groups in total. The first-order valence-electron chi connectivity index (χ1n) is 7.42. The van der Waals surface area contributed by atoms with Crippen LogP contribution in [0.3, 0.4) is 0 Å². The van der Waals surface area contributed by atoms with Crippen molar-refractivity contribution in [1.29, 1.82) is 0 Å². The topological polar surface area (TPSA) is 15.3 Å². The highest BCUT2D eigenvalue weighted by atomic mass is 15.2. The molecule has 0 bridgehead atoms. The van der Waals surface area contributed by atoms with Crippen LogP contribution in [0.25, 0.3) is 0 Å². The first kappa shape index (κ1) is 13.4. The smallest absolute Gasteiger partial charge is 0.0414 e. The van der Waals surface area contributed by atoms with Gasteiger partial charge in [0.05, 0.1) is 0 Å². The van der Waals surface area contributed by atoms with E-state index in [2.05, 4.69) is 48.3 Å². The van der Waals surface area contributed by atoms with E-state index < -0.39 is 0 Å². The van der Waals surface area contributed by atoms with E-state index in [1.54, 1.807) is 0 Å². The van der Waals surface area contributed by atoms with Gasteiger partial charge in [0.1, 0.15) is 0 Å². The number of nitrogens with one attached hydrogen (secondary N) is 1. The van der Waals surface area contributed by atoms with Gasteiger partial charge in [-0.25, -0.2) is 0 Å². The SMILES string of the molecule is CCCC(CCC)N1CCNCc2ccccc21. The van der Waals surface area contributed by atoms with E-state index >= 15 is 0 Å². The molecule has 2 rings (SSSR count). The molecule has 0 saturated heterocycles. The van der Waals surface area contributed by atoms with Crippen LogP contribution >= 0.6 is 0 Å². The zero-order chi connectivity index (χ0) is 12.8. The molecule has 18 heavy (non-hydrogen) atoms. The predicted octanol–water partition coefficient (Wildman–Crippen LogP) is 3.57. The van der Waals surface area contributed by atoms with E-state index in [-0.39, 0.29) is 0 Å². The van der Waals surface area contributed by atoms with Gasteiger partial charge in [0.2, 0.25) is 0 Å². The standard InChI is InChI=1S/C16H26N2/c1-3-7-15(8-4-2)18-12-11-17-13-14-9-5-6-10-16(14)18/h5-6,9-10,15,17H,3-4,7-8,11-13H2,1-2H3. The second-order valence-electron chi connectivity index (χ2n) is 5.23. The summed E-state index contributed by atoms with van der Waals surface area (Å²) in [6, 6.07) is 9.59. The number of rotatable bonds is 5. The molecular formula is C16H26N2. The van der Waals surface area contributed by atoms with Crippen LogP contribution in [0, 0.1) is 0 Å². The summed E-state index contributed by atoms with van der Waals surface area (Å²) in [5.74, 6) is 0. The summed E-state index contributed by atoms with van der Waals surface area (Å²) >= 11 is 0. The third kappa shape index (κ3) is 3.05. The zero-order valence-corrected chi connectivity index (χ0v) is 11.8. The van der Waals surface area contributed by atoms with Crippen molar-refractivity contribution in [3.63, 3.8) is 0 Å². The molecule has 1 heterocycles. The maximum atomic E-state index is 3.53. The fourth-order valence-corrected chi connectivity index (χ4v) is 2.99. The van der Waals surface area contributed by atoms with Crippen molar-refractivity contribution in [3.8, 4) is 0 Å². The van der Waals surface area contributed by atoms with Crippen molar-refractivity contribution in [3.05, 3.63) is 29.8 Å². The summed E-state index contributed by atoms with van der Waals surface area (Å²) in [5.41, 5.74) is 2.90. The third-order valence-electron chi connectivity index (χ3n) is 3.83. The summed E-state index contributed by atoms with van der Waals surface area (Å²) in [4.78, 5) is 2.64.